The van der Waals surface area contributed by atoms with E-state index in [4.69, 9.17) is 9.15 Å². The van der Waals surface area contributed by atoms with E-state index in [0.717, 1.165) is 5.56 Å². The van der Waals surface area contributed by atoms with Crippen molar-refractivity contribution in [3.05, 3.63) is 65.4 Å². The molecule has 0 aliphatic heterocycles. The summed E-state index contributed by atoms with van der Waals surface area (Å²) in [4.78, 5) is 12.2. The van der Waals surface area contributed by atoms with Crippen molar-refractivity contribution < 1.29 is 19.1 Å². The number of ether oxygens (including phenoxy) is 1. The van der Waals surface area contributed by atoms with Crippen molar-refractivity contribution in [2.75, 3.05) is 6.61 Å². The fourth-order valence-electron chi connectivity index (χ4n) is 2.65. The molecule has 1 aromatic heterocycles. The summed E-state index contributed by atoms with van der Waals surface area (Å²) < 4.78 is 10.7. The highest BCUT2D eigenvalue weighted by molar-refractivity contribution is 5.98. The third-order valence-corrected chi connectivity index (χ3v) is 3.73. The Bertz CT molecular complexity index is 845. The van der Waals surface area contributed by atoms with E-state index < -0.39 is 5.97 Å². The Hall–Kier alpha value is -2.50. The van der Waals surface area contributed by atoms with Crippen molar-refractivity contribution in [3.8, 4) is 5.75 Å². The number of halogens is 1. The molecule has 25 heavy (non-hydrogen) atoms. The summed E-state index contributed by atoms with van der Waals surface area (Å²) in [7, 11) is 0. The lowest BCUT2D eigenvalue weighted by atomic mass is 10.1. The van der Waals surface area contributed by atoms with E-state index in [0.29, 0.717) is 29.6 Å². The predicted molar refractivity (Wildman–Crippen MR) is 98.1 cm³/mol. The molecule has 3 aromatic rings. The van der Waals surface area contributed by atoms with Crippen molar-refractivity contribution in [1.82, 2.24) is 5.32 Å². The molecule has 0 unspecified atom stereocenters. The zero-order valence-corrected chi connectivity index (χ0v) is 14.6. The molecule has 2 N–H and O–H groups in total. The summed E-state index contributed by atoms with van der Waals surface area (Å²) in [5, 5.41) is 14.0. The highest BCUT2D eigenvalue weighted by atomic mass is 35.5. The van der Waals surface area contributed by atoms with Crippen LogP contribution in [-0.4, -0.2) is 17.7 Å². The Morgan fingerprint density at radius 2 is 1.88 bits per heavy atom. The van der Waals surface area contributed by atoms with Crippen LogP contribution in [-0.2, 0) is 17.8 Å². The quantitative estimate of drug-likeness (QED) is 0.649. The number of aromatic hydroxyl groups is 1. The Labute approximate surface area is 152 Å². The minimum absolute atomic E-state index is 0. The van der Waals surface area contributed by atoms with Gasteiger partial charge in [-0.1, -0.05) is 36.4 Å². The fraction of sp³-hybridized carbons (Fsp3) is 0.211. The lowest BCUT2D eigenvalue weighted by molar-refractivity contribution is 0.0490. The topological polar surface area (TPSA) is 71.7 Å². The molecular weight excluding hydrogens is 342 g/mol. The molecule has 0 atom stereocenters. The average molecular weight is 362 g/mol. The molecule has 0 aliphatic rings. The van der Waals surface area contributed by atoms with Crippen molar-refractivity contribution in [2.24, 2.45) is 0 Å². The SMILES string of the molecule is CCOC(=O)c1oc2cccc(O)c2c1CNCc1ccccc1.Cl. The third-order valence-electron chi connectivity index (χ3n) is 3.73. The molecule has 0 saturated carbocycles. The molecule has 0 saturated heterocycles. The van der Waals surface area contributed by atoms with Gasteiger partial charge in [0.15, 0.2) is 0 Å². The minimum Gasteiger partial charge on any atom is -0.507 e. The van der Waals surface area contributed by atoms with E-state index in [9.17, 15) is 9.90 Å². The highest BCUT2D eigenvalue weighted by Crippen LogP contribution is 2.33. The van der Waals surface area contributed by atoms with Crippen LogP contribution in [0.4, 0.5) is 0 Å². The number of hydrogen-bond acceptors (Lipinski definition) is 5. The third kappa shape index (κ3) is 4.13. The number of nitrogens with one attached hydrogen (secondary N) is 1. The summed E-state index contributed by atoms with van der Waals surface area (Å²) in [5.41, 5.74) is 2.21. The zero-order valence-electron chi connectivity index (χ0n) is 13.8. The molecule has 3 rings (SSSR count). The summed E-state index contributed by atoms with van der Waals surface area (Å²) in [6.07, 6.45) is 0. The molecular formula is C19H20ClNO4. The van der Waals surface area contributed by atoms with Gasteiger partial charge in [-0.3, -0.25) is 0 Å². The summed E-state index contributed by atoms with van der Waals surface area (Å²) in [5.74, 6) is -0.304. The van der Waals surface area contributed by atoms with Crippen molar-refractivity contribution in [2.45, 2.75) is 20.0 Å². The van der Waals surface area contributed by atoms with Crippen LogP contribution in [0.1, 0.15) is 28.6 Å². The van der Waals surface area contributed by atoms with Crippen molar-refractivity contribution in [1.29, 1.82) is 0 Å². The van der Waals surface area contributed by atoms with E-state index >= 15 is 0 Å². The molecule has 0 spiro atoms. The maximum Gasteiger partial charge on any atom is 0.374 e. The molecule has 0 bridgehead atoms. The van der Waals surface area contributed by atoms with Crippen LogP contribution in [0.2, 0.25) is 0 Å². The first-order valence-electron chi connectivity index (χ1n) is 7.85. The monoisotopic (exact) mass is 361 g/mol. The van der Waals surface area contributed by atoms with Gasteiger partial charge in [-0.15, -0.1) is 12.4 Å². The van der Waals surface area contributed by atoms with Gasteiger partial charge < -0.3 is 19.6 Å². The summed E-state index contributed by atoms with van der Waals surface area (Å²) in [6.45, 7) is 3.03. The van der Waals surface area contributed by atoms with Crippen LogP contribution in [0.3, 0.4) is 0 Å². The number of hydrogen-bond donors (Lipinski definition) is 2. The van der Waals surface area contributed by atoms with Gasteiger partial charge in [-0.05, 0) is 24.6 Å². The van der Waals surface area contributed by atoms with Crippen LogP contribution in [0.5, 0.6) is 5.75 Å². The van der Waals surface area contributed by atoms with Gasteiger partial charge in [-0.2, -0.15) is 0 Å². The number of benzene rings is 2. The van der Waals surface area contributed by atoms with E-state index in [2.05, 4.69) is 5.32 Å². The minimum atomic E-state index is -0.524. The van der Waals surface area contributed by atoms with E-state index in [1.54, 1.807) is 25.1 Å². The Balaban J connectivity index is 0.00000225. The number of furan rings is 1. The molecule has 0 fully saturated rings. The van der Waals surface area contributed by atoms with Crippen LogP contribution >= 0.6 is 12.4 Å². The first-order valence-corrected chi connectivity index (χ1v) is 7.85. The highest BCUT2D eigenvalue weighted by Gasteiger charge is 2.23. The molecule has 6 heteroatoms. The molecule has 5 nitrogen and oxygen atoms in total. The van der Waals surface area contributed by atoms with Crippen molar-refractivity contribution >= 4 is 29.3 Å². The van der Waals surface area contributed by atoms with Crippen LogP contribution < -0.4 is 5.32 Å². The standard InChI is InChI=1S/C19H19NO4.ClH/c1-2-23-19(22)18-14(12-20-11-13-7-4-3-5-8-13)17-15(21)9-6-10-16(17)24-18;/h3-10,20-21H,2,11-12H2,1H3;1H. The van der Waals surface area contributed by atoms with Gasteiger partial charge in [0, 0.05) is 18.7 Å². The molecule has 0 aliphatic carbocycles. The average Bonchev–Trinajstić information content (AvgIpc) is 2.96. The van der Waals surface area contributed by atoms with E-state index in [-0.39, 0.29) is 30.5 Å². The lowest BCUT2D eigenvalue weighted by Crippen LogP contribution is -2.15. The van der Waals surface area contributed by atoms with Gasteiger partial charge in [0.1, 0.15) is 11.3 Å². The second kappa shape index (κ2) is 8.55. The van der Waals surface area contributed by atoms with Gasteiger partial charge in [0.2, 0.25) is 5.76 Å². The molecule has 0 radical (unpaired) electrons. The lowest BCUT2D eigenvalue weighted by Gasteiger charge is -2.06. The number of esters is 1. The Morgan fingerprint density at radius 3 is 2.60 bits per heavy atom. The van der Waals surface area contributed by atoms with Gasteiger partial charge in [0.05, 0.1) is 12.0 Å². The van der Waals surface area contributed by atoms with Crippen LogP contribution in [0, 0.1) is 0 Å². The molecule has 0 amide bonds. The number of phenolic OH excluding ortho intramolecular Hbond substituents is 1. The first kappa shape index (κ1) is 18.8. The molecule has 132 valence electrons. The summed E-state index contributed by atoms with van der Waals surface area (Å²) >= 11 is 0. The second-order valence-corrected chi connectivity index (χ2v) is 5.37. The predicted octanol–water partition coefficient (Wildman–Crippen LogP) is 4.03. The number of fused-ring (bicyclic) bond motifs is 1. The zero-order chi connectivity index (χ0) is 16.9. The Kier molecular flexibility index (Phi) is 6.44. The molecule has 1 heterocycles. The smallest absolute Gasteiger partial charge is 0.374 e. The maximum absolute atomic E-state index is 12.2. The van der Waals surface area contributed by atoms with Gasteiger partial charge in [-0.25, -0.2) is 4.79 Å². The van der Waals surface area contributed by atoms with Gasteiger partial charge >= 0.3 is 5.97 Å². The number of carbonyl (C=O) groups excluding carboxylic acids is 1. The number of carbonyl (C=O) groups is 1. The number of rotatable bonds is 6. The summed E-state index contributed by atoms with van der Waals surface area (Å²) in [6, 6.07) is 14.9. The first-order chi connectivity index (χ1) is 11.7. The van der Waals surface area contributed by atoms with Gasteiger partial charge in [0.25, 0.3) is 0 Å². The van der Waals surface area contributed by atoms with E-state index in [1.165, 1.54) is 0 Å². The second-order valence-electron chi connectivity index (χ2n) is 5.37. The maximum atomic E-state index is 12.2. The van der Waals surface area contributed by atoms with Crippen LogP contribution in [0.15, 0.2) is 52.9 Å². The van der Waals surface area contributed by atoms with Crippen molar-refractivity contribution in [3.63, 3.8) is 0 Å². The fourth-order valence-corrected chi connectivity index (χ4v) is 2.65. The Morgan fingerprint density at radius 1 is 1.12 bits per heavy atom. The largest absolute Gasteiger partial charge is 0.507 e. The van der Waals surface area contributed by atoms with Crippen LogP contribution in [0.25, 0.3) is 11.0 Å². The molecule has 2 aromatic carbocycles. The number of phenols is 1. The van der Waals surface area contributed by atoms with E-state index in [1.807, 2.05) is 30.3 Å². The normalized spacial score (nSPS) is 10.4.